The summed E-state index contributed by atoms with van der Waals surface area (Å²) in [6.07, 6.45) is 3.49. The van der Waals surface area contributed by atoms with Crippen LogP contribution in [-0.2, 0) is 13.1 Å². The molecular formula is C18H25FN4O. The van der Waals surface area contributed by atoms with E-state index < -0.39 is 0 Å². The predicted octanol–water partition coefficient (Wildman–Crippen LogP) is 3.26. The van der Waals surface area contributed by atoms with Gasteiger partial charge in [-0.25, -0.2) is 14.2 Å². The van der Waals surface area contributed by atoms with Gasteiger partial charge in [-0.15, -0.1) is 0 Å². The van der Waals surface area contributed by atoms with Crippen molar-refractivity contribution in [1.29, 1.82) is 0 Å². The van der Waals surface area contributed by atoms with Gasteiger partial charge < -0.3 is 14.8 Å². The summed E-state index contributed by atoms with van der Waals surface area (Å²) in [5.41, 5.74) is 0.602. The molecule has 0 atom stereocenters. The normalized spacial score (nSPS) is 10.9. The molecule has 0 saturated heterocycles. The van der Waals surface area contributed by atoms with Crippen LogP contribution in [0, 0.1) is 11.7 Å². The van der Waals surface area contributed by atoms with E-state index in [1.165, 1.54) is 6.07 Å². The van der Waals surface area contributed by atoms with Crippen LogP contribution in [0.15, 0.2) is 36.7 Å². The van der Waals surface area contributed by atoms with E-state index in [9.17, 15) is 9.18 Å². The minimum atomic E-state index is -0.236. The second-order valence-corrected chi connectivity index (χ2v) is 6.17. The fraction of sp³-hybridized carbons (Fsp3) is 0.444. The molecule has 0 spiro atoms. The number of nitrogens with zero attached hydrogens (tertiary/aromatic N) is 3. The van der Waals surface area contributed by atoms with Gasteiger partial charge in [-0.2, -0.15) is 0 Å². The summed E-state index contributed by atoms with van der Waals surface area (Å²) in [5, 5.41) is 2.83. The van der Waals surface area contributed by atoms with Crippen LogP contribution in [0.2, 0.25) is 0 Å². The van der Waals surface area contributed by atoms with E-state index in [2.05, 4.69) is 24.1 Å². The number of rotatable bonds is 7. The zero-order chi connectivity index (χ0) is 17.5. The van der Waals surface area contributed by atoms with Gasteiger partial charge >= 0.3 is 6.03 Å². The molecule has 5 nitrogen and oxygen atoms in total. The van der Waals surface area contributed by atoms with Gasteiger partial charge in [-0.3, -0.25) is 0 Å². The number of imidazole rings is 1. The average Bonchev–Trinajstić information content (AvgIpc) is 2.96. The number of benzene rings is 1. The smallest absolute Gasteiger partial charge is 0.317 e. The van der Waals surface area contributed by atoms with Crippen molar-refractivity contribution in [3.8, 4) is 0 Å². The molecule has 130 valence electrons. The van der Waals surface area contributed by atoms with E-state index >= 15 is 0 Å². The molecule has 6 heteroatoms. The zero-order valence-corrected chi connectivity index (χ0v) is 14.5. The molecule has 1 aromatic heterocycles. The number of amides is 2. The quantitative estimate of drug-likeness (QED) is 0.846. The highest BCUT2D eigenvalue weighted by Gasteiger charge is 2.17. The Labute approximate surface area is 142 Å². The average molecular weight is 332 g/mol. The Morgan fingerprint density at radius 2 is 2.12 bits per heavy atom. The first-order valence-corrected chi connectivity index (χ1v) is 8.27. The third kappa shape index (κ3) is 4.81. The van der Waals surface area contributed by atoms with Crippen molar-refractivity contribution < 1.29 is 9.18 Å². The molecule has 2 rings (SSSR count). The van der Waals surface area contributed by atoms with Crippen molar-refractivity contribution in [2.75, 3.05) is 13.1 Å². The molecule has 0 aliphatic heterocycles. The fourth-order valence-corrected chi connectivity index (χ4v) is 2.54. The van der Waals surface area contributed by atoms with Crippen LogP contribution in [0.5, 0.6) is 0 Å². The van der Waals surface area contributed by atoms with E-state index in [0.29, 0.717) is 37.7 Å². The number of urea groups is 1. The van der Waals surface area contributed by atoms with Crippen molar-refractivity contribution >= 4 is 6.03 Å². The van der Waals surface area contributed by atoms with Crippen LogP contribution >= 0.6 is 0 Å². The lowest BCUT2D eigenvalue weighted by Gasteiger charge is -2.24. The van der Waals surface area contributed by atoms with Gasteiger partial charge in [0.25, 0.3) is 0 Å². The SMILES string of the molecule is CCNC(=O)N(Cc1nccn1Cc1ccccc1F)CC(C)C. The van der Waals surface area contributed by atoms with E-state index in [1.807, 2.05) is 23.8 Å². The summed E-state index contributed by atoms with van der Waals surface area (Å²) in [5.74, 6) is 0.854. The summed E-state index contributed by atoms with van der Waals surface area (Å²) in [6.45, 7) is 8.04. The summed E-state index contributed by atoms with van der Waals surface area (Å²) in [7, 11) is 0. The number of carbonyl (C=O) groups is 1. The highest BCUT2D eigenvalue weighted by molar-refractivity contribution is 5.74. The largest absolute Gasteiger partial charge is 0.338 e. The van der Waals surface area contributed by atoms with E-state index in [1.54, 1.807) is 23.2 Å². The van der Waals surface area contributed by atoms with E-state index in [4.69, 9.17) is 0 Å². The van der Waals surface area contributed by atoms with Crippen LogP contribution in [0.1, 0.15) is 32.2 Å². The van der Waals surface area contributed by atoms with Gasteiger partial charge in [0.1, 0.15) is 11.6 Å². The Balaban J connectivity index is 2.15. The molecule has 24 heavy (non-hydrogen) atoms. The maximum Gasteiger partial charge on any atom is 0.317 e. The molecule has 1 N–H and O–H groups in total. The molecule has 1 aromatic carbocycles. The molecule has 0 aliphatic rings. The molecule has 0 saturated carbocycles. The number of carbonyl (C=O) groups excluding carboxylic acids is 1. The fourth-order valence-electron chi connectivity index (χ4n) is 2.54. The van der Waals surface area contributed by atoms with Gasteiger partial charge in [0, 0.05) is 31.0 Å². The van der Waals surface area contributed by atoms with Gasteiger partial charge in [0.2, 0.25) is 0 Å². The first-order valence-electron chi connectivity index (χ1n) is 8.27. The van der Waals surface area contributed by atoms with Crippen LogP contribution in [0.25, 0.3) is 0 Å². The number of halogens is 1. The van der Waals surface area contributed by atoms with Crippen LogP contribution < -0.4 is 5.32 Å². The van der Waals surface area contributed by atoms with Crippen LogP contribution in [-0.4, -0.2) is 33.6 Å². The second-order valence-electron chi connectivity index (χ2n) is 6.17. The second kappa shape index (κ2) is 8.47. The highest BCUT2D eigenvalue weighted by atomic mass is 19.1. The lowest BCUT2D eigenvalue weighted by atomic mass is 10.2. The molecule has 0 bridgehead atoms. The lowest BCUT2D eigenvalue weighted by molar-refractivity contribution is 0.186. The summed E-state index contributed by atoms with van der Waals surface area (Å²) < 4.78 is 15.7. The Morgan fingerprint density at radius 3 is 2.79 bits per heavy atom. The third-order valence-corrected chi connectivity index (χ3v) is 3.63. The van der Waals surface area contributed by atoms with Crippen molar-refractivity contribution in [3.63, 3.8) is 0 Å². The Kier molecular flexibility index (Phi) is 6.35. The standard InChI is InChI=1S/C18H25FN4O/c1-4-20-18(24)23(11-14(2)3)13-17-21-9-10-22(17)12-15-7-5-6-8-16(15)19/h5-10,14H,4,11-13H2,1-3H3,(H,20,24). The van der Waals surface area contributed by atoms with E-state index in [0.717, 1.165) is 5.82 Å². The molecule has 0 radical (unpaired) electrons. The summed E-state index contributed by atoms with van der Waals surface area (Å²) in [6, 6.07) is 6.59. The number of aromatic nitrogens is 2. The van der Waals surface area contributed by atoms with Crippen LogP contribution in [0.4, 0.5) is 9.18 Å². The highest BCUT2D eigenvalue weighted by Crippen LogP contribution is 2.12. The summed E-state index contributed by atoms with van der Waals surface area (Å²) in [4.78, 5) is 18.3. The van der Waals surface area contributed by atoms with Crippen molar-refractivity contribution in [3.05, 3.63) is 53.9 Å². The first-order chi connectivity index (χ1) is 11.5. The molecular weight excluding hydrogens is 307 g/mol. The first kappa shape index (κ1) is 18.0. The molecule has 2 aromatic rings. The van der Waals surface area contributed by atoms with Crippen molar-refractivity contribution in [2.24, 2.45) is 5.92 Å². The minimum Gasteiger partial charge on any atom is -0.338 e. The van der Waals surface area contributed by atoms with Crippen molar-refractivity contribution in [1.82, 2.24) is 19.8 Å². The molecule has 2 amide bonds. The third-order valence-electron chi connectivity index (χ3n) is 3.63. The van der Waals surface area contributed by atoms with E-state index in [-0.39, 0.29) is 11.8 Å². The number of hydrogen-bond acceptors (Lipinski definition) is 2. The van der Waals surface area contributed by atoms with Gasteiger partial charge in [0.15, 0.2) is 0 Å². The molecule has 0 aliphatic carbocycles. The lowest BCUT2D eigenvalue weighted by Crippen LogP contribution is -2.41. The summed E-state index contributed by atoms with van der Waals surface area (Å²) >= 11 is 0. The Hall–Kier alpha value is -2.37. The monoisotopic (exact) mass is 332 g/mol. The molecule has 0 unspecified atom stereocenters. The van der Waals surface area contributed by atoms with Crippen LogP contribution in [0.3, 0.4) is 0 Å². The molecule has 1 heterocycles. The maximum absolute atomic E-state index is 13.9. The zero-order valence-electron chi connectivity index (χ0n) is 14.5. The van der Waals surface area contributed by atoms with Gasteiger partial charge in [0.05, 0.1) is 13.1 Å². The Morgan fingerprint density at radius 1 is 1.38 bits per heavy atom. The van der Waals surface area contributed by atoms with Crippen molar-refractivity contribution in [2.45, 2.75) is 33.9 Å². The minimum absolute atomic E-state index is 0.105. The Bertz CT molecular complexity index is 669. The predicted molar refractivity (Wildman–Crippen MR) is 92.0 cm³/mol. The molecule has 0 fully saturated rings. The van der Waals surface area contributed by atoms with Gasteiger partial charge in [-0.1, -0.05) is 32.0 Å². The number of nitrogens with one attached hydrogen (secondary N) is 1. The van der Waals surface area contributed by atoms with Gasteiger partial charge in [-0.05, 0) is 18.9 Å². The number of hydrogen-bond donors (Lipinski definition) is 1. The topological polar surface area (TPSA) is 50.2 Å². The maximum atomic E-state index is 13.9.